The molecule has 1 aliphatic rings. The third-order valence-corrected chi connectivity index (χ3v) is 5.27. The van der Waals surface area contributed by atoms with Crippen molar-refractivity contribution in [1.29, 1.82) is 0 Å². The average Bonchev–Trinajstić information content (AvgIpc) is 3.16. The number of nitrogens with one attached hydrogen (secondary N) is 1. The molecule has 0 aliphatic carbocycles. The summed E-state index contributed by atoms with van der Waals surface area (Å²) in [6, 6.07) is 11.1. The third kappa shape index (κ3) is 5.00. The number of hydrogen-bond donors (Lipinski definition) is 2. The van der Waals surface area contributed by atoms with Gasteiger partial charge < -0.3 is 20.7 Å². The minimum absolute atomic E-state index is 0.0414. The lowest BCUT2D eigenvalue weighted by Gasteiger charge is -2.18. The monoisotopic (exact) mass is 457 g/mol. The number of ether oxygens (including phenoxy) is 1. The number of benzene rings is 2. The zero-order chi connectivity index (χ0) is 23.6. The number of nitrogens with zero attached hydrogens (tertiary/aromatic N) is 3. The van der Waals surface area contributed by atoms with Gasteiger partial charge in [0.2, 0.25) is 5.91 Å². The third-order valence-electron chi connectivity index (χ3n) is 5.27. The summed E-state index contributed by atoms with van der Waals surface area (Å²) < 4.78 is 41.4. The number of carbonyl (C=O) groups is 1. The summed E-state index contributed by atoms with van der Waals surface area (Å²) in [5.41, 5.74) is 9.83. The number of amides is 1. The van der Waals surface area contributed by atoms with E-state index in [2.05, 4.69) is 20.0 Å². The second-order valence-corrected chi connectivity index (χ2v) is 7.52. The van der Waals surface area contributed by atoms with Crippen LogP contribution in [0.15, 0.2) is 48.8 Å². The topological polar surface area (TPSA) is 93.4 Å². The van der Waals surface area contributed by atoms with Crippen LogP contribution in [0.1, 0.15) is 18.1 Å². The number of nitrogen functional groups attached to an aromatic ring is 1. The second kappa shape index (κ2) is 8.97. The Morgan fingerprint density at radius 1 is 1.21 bits per heavy atom. The van der Waals surface area contributed by atoms with Gasteiger partial charge in [0.1, 0.15) is 23.7 Å². The molecule has 2 heterocycles. The van der Waals surface area contributed by atoms with Crippen LogP contribution in [0.25, 0.3) is 11.1 Å². The van der Waals surface area contributed by atoms with Gasteiger partial charge in [0.25, 0.3) is 0 Å². The number of alkyl halides is 3. The summed E-state index contributed by atoms with van der Waals surface area (Å²) in [6.07, 6.45) is -2.77. The summed E-state index contributed by atoms with van der Waals surface area (Å²) in [4.78, 5) is 22.9. The van der Waals surface area contributed by atoms with Crippen LogP contribution in [0.4, 0.5) is 30.5 Å². The molecule has 2 aromatic carbocycles. The number of hydrogen-bond acceptors (Lipinski definition) is 6. The highest BCUT2D eigenvalue weighted by Crippen LogP contribution is 2.36. The van der Waals surface area contributed by atoms with Gasteiger partial charge in [-0.25, -0.2) is 9.97 Å². The SMILES string of the molecule is CCNc1ncnc(N)c1-c1ccc2c(c1)CCN2C(=O)Cc1cccc(OC(F)(F)F)c1. The zero-order valence-corrected chi connectivity index (χ0v) is 17.8. The lowest BCUT2D eigenvalue weighted by Crippen LogP contribution is -2.30. The Balaban J connectivity index is 1.55. The van der Waals surface area contributed by atoms with Crippen LogP contribution in [0.3, 0.4) is 0 Å². The van der Waals surface area contributed by atoms with Gasteiger partial charge in [-0.15, -0.1) is 13.2 Å². The number of carbonyl (C=O) groups excluding carboxylic acids is 1. The second-order valence-electron chi connectivity index (χ2n) is 7.52. The van der Waals surface area contributed by atoms with Crippen molar-refractivity contribution in [3.8, 4) is 16.9 Å². The highest BCUT2D eigenvalue weighted by molar-refractivity contribution is 5.97. The zero-order valence-electron chi connectivity index (χ0n) is 17.8. The van der Waals surface area contributed by atoms with E-state index in [9.17, 15) is 18.0 Å². The molecular weight excluding hydrogens is 435 g/mol. The minimum Gasteiger partial charge on any atom is -0.406 e. The number of fused-ring (bicyclic) bond motifs is 1. The molecule has 0 saturated carbocycles. The number of nitrogens with two attached hydrogens (primary N) is 1. The van der Waals surface area contributed by atoms with Crippen molar-refractivity contribution in [1.82, 2.24) is 9.97 Å². The maximum Gasteiger partial charge on any atom is 0.573 e. The number of anilines is 3. The van der Waals surface area contributed by atoms with Gasteiger partial charge in [-0.05, 0) is 54.3 Å². The lowest BCUT2D eigenvalue weighted by atomic mass is 10.0. The van der Waals surface area contributed by atoms with Crippen molar-refractivity contribution in [3.63, 3.8) is 0 Å². The minimum atomic E-state index is -4.78. The van der Waals surface area contributed by atoms with Gasteiger partial charge in [0.05, 0.1) is 12.0 Å². The molecule has 0 atom stereocenters. The van der Waals surface area contributed by atoms with Crippen LogP contribution in [0, 0.1) is 0 Å². The van der Waals surface area contributed by atoms with Gasteiger partial charge in [0, 0.05) is 18.8 Å². The van der Waals surface area contributed by atoms with Crippen molar-refractivity contribution < 1.29 is 22.7 Å². The van der Waals surface area contributed by atoms with E-state index in [1.807, 2.05) is 25.1 Å². The molecule has 0 bridgehead atoms. The normalized spacial score (nSPS) is 13.0. The lowest BCUT2D eigenvalue weighted by molar-refractivity contribution is -0.274. The van der Waals surface area contributed by atoms with E-state index in [-0.39, 0.29) is 18.1 Å². The Morgan fingerprint density at radius 2 is 2.03 bits per heavy atom. The Labute approximate surface area is 188 Å². The van der Waals surface area contributed by atoms with Crippen LogP contribution in [0.5, 0.6) is 5.75 Å². The van der Waals surface area contributed by atoms with Crippen molar-refractivity contribution in [2.24, 2.45) is 0 Å². The first-order chi connectivity index (χ1) is 15.7. The summed E-state index contributed by atoms with van der Waals surface area (Å²) in [7, 11) is 0. The van der Waals surface area contributed by atoms with E-state index in [1.165, 1.54) is 24.5 Å². The summed E-state index contributed by atoms with van der Waals surface area (Å²) in [6.45, 7) is 3.11. The number of halogens is 3. The van der Waals surface area contributed by atoms with Gasteiger partial charge in [-0.1, -0.05) is 18.2 Å². The van der Waals surface area contributed by atoms with E-state index in [0.29, 0.717) is 42.3 Å². The highest BCUT2D eigenvalue weighted by atomic mass is 19.4. The molecule has 4 rings (SSSR count). The Hall–Kier alpha value is -3.82. The van der Waals surface area contributed by atoms with Gasteiger partial charge in [-0.2, -0.15) is 0 Å². The largest absolute Gasteiger partial charge is 0.573 e. The standard InChI is InChI=1S/C23H22F3N5O2/c1-2-28-22-20(21(27)29-13-30-22)16-6-7-18-15(12-16)8-9-31(18)19(32)11-14-4-3-5-17(10-14)33-23(24,25)26/h3-7,10,12-13H,2,8-9,11H2,1H3,(H3,27,28,29,30). The fraction of sp³-hybridized carbons (Fsp3) is 0.261. The molecule has 1 aliphatic heterocycles. The summed E-state index contributed by atoms with van der Waals surface area (Å²) in [5.74, 6) is 0.435. The average molecular weight is 457 g/mol. The van der Waals surface area contributed by atoms with Gasteiger partial charge in [0.15, 0.2) is 0 Å². The molecule has 10 heteroatoms. The molecule has 33 heavy (non-hydrogen) atoms. The number of aromatic nitrogens is 2. The van der Waals surface area contributed by atoms with Crippen LogP contribution >= 0.6 is 0 Å². The highest BCUT2D eigenvalue weighted by Gasteiger charge is 2.31. The van der Waals surface area contributed by atoms with Crippen LogP contribution in [-0.4, -0.2) is 35.3 Å². The van der Waals surface area contributed by atoms with Crippen molar-refractivity contribution >= 4 is 23.2 Å². The Bertz CT molecular complexity index is 1180. The molecule has 1 aromatic heterocycles. The van der Waals surface area contributed by atoms with Crippen LogP contribution in [0.2, 0.25) is 0 Å². The molecule has 0 unspecified atom stereocenters. The smallest absolute Gasteiger partial charge is 0.406 e. The fourth-order valence-corrected chi connectivity index (χ4v) is 3.92. The molecule has 3 aromatic rings. The quantitative estimate of drug-likeness (QED) is 0.577. The first kappa shape index (κ1) is 22.4. The van der Waals surface area contributed by atoms with Crippen molar-refractivity contribution in [2.45, 2.75) is 26.1 Å². The van der Waals surface area contributed by atoms with Gasteiger partial charge in [-0.3, -0.25) is 4.79 Å². The van der Waals surface area contributed by atoms with E-state index >= 15 is 0 Å². The Kier molecular flexibility index (Phi) is 6.08. The van der Waals surface area contributed by atoms with Gasteiger partial charge >= 0.3 is 6.36 Å². The molecule has 1 amide bonds. The maximum atomic E-state index is 12.9. The first-order valence-electron chi connectivity index (χ1n) is 10.4. The maximum absolute atomic E-state index is 12.9. The van der Waals surface area contributed by atoms with E-state index in [4.69, 9.17) is 5.73 Å². The predicted molar refractivity (Wildman–Crippen MR) is 119 cm³/mol. The molecule has 0 saturated heterocycles. The molecule has 0 radical (unpaired) electrons. The van der Waals surface area contributed by atoms with E-state index in [1.54, 1.807) is 11.0 Å². The van der Waals surface area contributed by atoms with E-state index in [0.717, 1.165) is 16.8 Å². The molecule has 7 nitrogen and oxygen atoms in total. The Morgan fingerprint density at radius 3 is 2.79 bits per heavy atom. The predicted octanol–water partition coefficient (Wildman–Crippen LogP) is 4.19. The molecular formula is C23H22F3N5O2. The first-order valence-corrected chi connectivity index (χ1v) is 10.4. The number of rotatable bonds is 6. The molecule has 3 N–H and O–H groups in total. The van der Waals surface area contributed by atoms with E-state index < -0.39 is 6.36 Å². The van der Waals surface area contributed by atoms with Crippen molar-refractivity contribution in [3.05, 3.63) is 59.9 Å². The summed E-state index contributed by atoms with van der Waals surface area (Å²) in [5, 5.41) is 3.18. The molecule has 172 valence electrons. The molecule has 0 fully saturated rings. The van der Waals surface area contributed by atoms with Crippen LogP contribution in [-0.2, 0) is 17.6 Å². The molecule has 0 spiro atoms. The summed E-state index contributed by atoms with van der Waals surface area (Å²) >= 11 is 0. The fourth-order valence-electron chi connectivity index (χ4n) is 3.92. The van der Waals surface area contributed by atoms with Crippen molar-refractivity contribution in [2.75, 3.05) is 29.0 Å². The van der Waals surface area contributed by atoms with Crippen LogP contribution < -0.4 is 20.7 Å².